The van der Waals surface area contributed by atoms with Crippen LogP contribution in [0.2, 0.25) is 0 Å². The molecular formula is C21H27N2O2+. The number of phenols is 1. The Hall–Kier alpha value is -1.81. The van der Waals surface area contributed by atoms with Crippen molar-refractivity contribution in [3.8, 4) is 5.75 Å². The molecule has 132 valence electrons. The minimum atomic E-state index is -0.00850. The van der Waals surface area contributed by atoms with Crippen molar-refractivity contribution >= 4 is 12.0 Å². The van der Waals surface area contributed by atoms with Gasteiger partial charge in [0.05, 0.1) is 30.2 Å². The monoisotopic (exact) mass is 339 g/mol. The Morgan fingerprint density at radius 2 is 2.28 bits per heavy atom. The Balaban J connectivity index is 1.76. The van der Waals surface area contributed by atoms with E-state index in [1.54, 1.807) is 6.07 Å². The molecule has 1 aromatic rings. The summed E-state index contributed by atoms with van der Waals surface area (Å²) in [6, 6.07) is 6.57. The SMILES string of the molecule is CC=C1C[N+]2(CC)CCC34c5cccc(O)c5NC3C(C=O)C1CC42. The first-order valence-electron chi connectivity index (χ1n) is 9.66. The van der Waals surface area contributed by atoms with E-state index in [1.807, 2.05) is 6.07 Å². The molecule has 2 N–H and O–H groups in total. The molecule has 1 aromatic carbocycles. The molecule has 1 aliphatic carbocycles. The number of carbonyl (C=O) groups excluding carboxylic acids is 1. The Morgan fingerprint density at radius 1 is 1.44 bits per heavy atom. The zero-order valence-corrected chi connectivity index (χ0v) is 15.0. The van der Waals surface area contributed by atoms with Crippen LogP contribution in [0, 0.1) is 11.8 Å². The number of quaternary nitrogens is 1. The number of likely N-dealkylation sites (N-methyl/N-ethyl adjacent to an activating group) is 1. The van der Waals surface area contributed by atoms with Crippen LogP contribution in [0.5, 0.6) is 5.75 Å². The van der Waals surface area contributed by atoms with E-state index in [2.05, 4.69) is 31.3 Å². The molecule has 3 aliphatic heterocycles. The molecule has 0 radical (unpaired) electrons. The van der Waals surface area contributed by atoms with Crippen molar-refractivity contribution in [2.75, 3.05) is 25.0 Å². The van der Waals surface area contributed by atoms with Gasteiger partial charge in [0, 0.05) is 24.7 Å². The van der Waals surface area contributed by atoms with Crippen molar-refractivity contribution in [3.05, 3.63) is 35.4 Å². The number of aromatic hydroxyl groups is 1. The largest absolute Gasteiger partial charge is 0.506 e. The van der Waals surface area contributed by atoms with Crippen molar-refractivity contribution < 1.29 is 14.4 Å². The van der Waals surface area contributed by atoms with Gasteiger partial charge in [-0.25, -0.2) is 0 Å². The number of nitrogens with zero attached hydrogens (tertiary/aromatic N) is 1. The van der Waals surface area contributed by atoms with Crippen LogP contribution < -0.4 is 5.32 Å². The first-order valence-corrected chi connectivity index (χ1v) is 9.66. The third kappa shape index (κ3) is 1.60. The predicted octanol–water partition coefficient (Wildman–Crippen LogP) is 2.83. The van der Waals surface area contributed by atoms with E-state index in [0.29, 0.717) is 17.7 Å². The molecule has 0 amide bonds. The number of hydrogen-bond donors (Lipinski definition) is 2. The maximum Gasteiger partial charge on any atom is 0.138 e. The molecule has 6 unspecified atom stereocenters. The van der Waals surface area contributed by atoms with E-state index < -0.39 is 0 Å². The third-order valence-electron chi connectivity index (χ3n) is 8.08. The highest BCUT2D eigenvalue weighted by Gasteiger charge is 2.71. The van der Waals surface area contributed by atoms with Crippen molar-refractivity contribution in [3.63, 3.8) is 0 Å². The molecule has 1 saturated carbocycles. The summed E-state index contributed by atoms with van der Waals surface area (Å²) in [7, 11) is 0. The summed E-state index contributed by atoms with van der Waals surface area (Å²) in [4.78, 5) is 12.2. The van der Waals surface area contributed by atoms with Crippen LogP contribution in [0.25, 0.3) is 0 Å². The lowest BCUT2D eigenvalue weighted by Crippen LogP contribution is -2.68. The number of carbonyl (C=O) groups is 1. The molecule has 3 heterocycles. The molecule has 0 aromatic heterocycles. The molecule has 25 heavy (non-hydrogen) atoms. The van der Waals surface area contributed by atoms with Crippen molar-refractivity contribution in [2.24, 2.45) is 11.8 Å². The van der Waals surface area contributed by atoms with Gasteiger partial charge >= 0.3 is 0 Å². The van der Waals surface area contributed by atoms with E-state index in [0.717, 1.165) is 36.1 Å². The fourth-order valence-corrected chi connectivity index (χ4v) is 6.97. The summed E-state index contributed by atoms with van der Waals surface area (Å²) in [6.45, 7) is 7.85. The van der Waals surface area contributed by atoms with Gasteiger partial charge < -0.3 is 19.7 Å². The number of aldehydes is 1. The Labute approximate surface area is 149 Å². The van der Waals surface area contributed by atoms with Gasteiger partial charge in [-0.1, -0.05) is 18.2 Å². The molecule has 6 atom stereocenters. The summed E-state index contributed by atoms with van der Waals surface area (Å²) in [5, 5.41) is 14.1. The quantitative estimate of drug-likeness (QED) is 0.377. The van der Waals surface area contributed by atoms with Gasteiger partial charge in [-0.3, -0.25) is 0 Å². The van der Waals surface area contributed by atoms with E-state index in [1.165, 1.54) is 24.0 Å². The first-order chi connectivity index (χ1) is 12.1. The standard InChI is InChI=1S/C21H26N2O2/c1-3-13-11-23(4-2)9-8-21-16-6-5-7-17(25)19(16)22-20(21)15(12-24)14(13)10-18(21)23/h3,5-7,12,14-15,18,20,22H,4,8-11H2,1-2H3/p+1. The van der Waals surface area contributed by atoms with E-state index in [4.69, 9.17) is 0 Å². The van der Waals surface area contributed by atoms with Gasteiger partial charge in [-0.05, 0) is 31.1 Å². The van der Waals surface area contributed by atoms with Gasteiger partial charge in [0.2, 0.25) is 0 Å². The number of hydrogen-bond acceptors (Lipinski definition) is 3. The fourth-order valence-electron chi connectivity index (χ4n) is 6.97. The summed E-state index contributed by atoms with van der Waals surface area (Å²) in [5.41, 5.74) is 3.59. The summed E-state index contributed by atoms with van der Waals surface area (Å²) in [6.07, 6.45) is 5.66. The maximum absolute atomic E-state index is 12.2. The molecule has 1 spiro atoms. The fraction of sp³-hybridized carbons (Fsp3) is 0.571. The van der Waals surface area contributed by atoms with Crippen molar-refractivity contribution in [1.29, 1.82) is 0 Å². The van der Waals surface area contributed by atoms with E-state index in [9.17, 15) is 9.90 Å². The lowest BCUT2D eigenvalue weighted by atomic mass is 9.55. The second kappa shape index (κ2) is 4.88. The normalized spacial score (nSPS) is 45.0. The number of benzene rings is 1. The second-order valence-corrected chi connectivity index (χ2v) is 8.46. The molecule has 4 nitrogen and oxygen atoms in total. The van der Waals surface area contributed by atoms with Gasteiger partial charge in [0.15, 0.2) is 0 Å². The minimum absolute atomic E-state index is 0.00796. The van der Waals surface area contributed by atoms with Gasteiger partial charge in [0.1, 0.15) is 24.6 Å². The number of para-hydroxylation sites is 1. The average molecular weight is 339 g/mol. The molecule has 5 rings (SSSR count). The minimum Gasteiger partial charge on any atom is -0.506 e. The van der Waals surface area contributed by atoms with Gasteiger partial charge in [-0.2, -0.15) is 0 Å². The van der Waals surface area contributed by atoms with Crippen LogP contribution in [0.15, 0.2) is 29.8 Å². The predicted molar refractivity (Wildman–Crippen MR) is 97.6 cm³/mol. The third-order valence-corrected chi connectivity index (χ3v) is 8.08. The van der Waals surface area contributed by atoms with Crippen LogP contribution in [-0.4, -0.2) is 47.6 Å². The average Bonchev–Trinajstić information content (AvgIpc) is 3.17. The number of anilines is 1. The highest BCUT2D eigenvalue weighted by Crippen LogP contribution is 2.64. The van der Waals surface area contributed by atoms with Crippen LogP contribution in [0.1, 0.15) is 32.3 Å². The molecule has 3 fully saturated rings. The molecule has 4 heteroatoms. The number of fused-ring (bicyclic) bond motifs is 2. The maximum atomic E-state index is 12.2. The second-order valence-electron chi connectivity index (χ2n) is 8.46. The van der Waals surface area contributed by atoms with Crippen LogP contribution in [0.4, 0.5) is 5.69 Å². The smallest absolute Gasteiger partial charge is 0.138 e. The zero-order valence-electron chi connectivity index (χ0n) is 15.0. The van der Waals surface area contributed by atoms with Gasteiger partial charge in [-0.15, -0.1) is 0 Å². The van der Waals surface area contributed by atoms with E-state index >= 15 is 0 Å². The van der Waals surface area contributed by atoms with E-state index in [-0.39, 0.29) is 17.4 Å². The first kappa shape index (κ1) is 15.4. The molecule has 4 aliphatic rings. The Kier molecular flexibility index (Phi) is 3.01. The number of allylic oxidation sites excluding steroid dienone is 1. The number of piperidine rings is 1. The molecular weight excluding hydrogens is 312 g/mol. The van der Waals surface area contributed by atoms with Crippen molar-refractivity contribution in [2.45, 2.75) is 44.2 Å². The summed E-state index contributed by atoms with van der Waals surface area (Å²) in [5.74, 6) is 0.671. The lowest BCUT2D eigenvalue weighted by Gasteiger charge is -2.56. The number of nitrogens with one attached hydrogen (secondary N) is 1. The Bertz CT molecular complexity index is 788. The van der Waals surface area contributed by atoms with Crippen molar-refractivity contribution in [1.82, 2.24) is 0 Å². The highest BCUT2D eigenvalue weighted by atomic mass is 16.3. The highest BCUT2D eigenvalue weighted by molar-refractivity contribution is 5.74. The van der Waals surface area contributed by atoms with Gasteiger partial charge in [0.25, 0.3) is 0 Å². The summed E-state index contributed by atoms with van der Waals surface area (Å²) >= 11 is 0. The molecule has 2 saturated heterocycles. The topological polar surface area (TPSA) is 49.3 Å². The Morgan fingerprint density at radius 3 is 3.00 bits per heavy atom. The van der Waals surface area contributed by atoms with Crippen LogP contribution >= 0.6 is 0 Å². The number of rotatable bonds is 2. The molecule has 2 bridgehead atoms. The van der Waals surface area contributed by atoms with Crippen LogP contribution in [0.3, 0.4) is 0 Å². The number of phenolic OH excluding ortho intramolecular Hbond substituents is 1. The zero-order chi connectivity index (χ0) is 17.4. The summed E-state index contributed by atoms with van der Waals surface area (Å²) < 4.78 is 1.15. The lowest BCUT2D eigenvalue weighted by molar-refractivity contribution is -0.941. The van der Waals surface area contributed by atoms with Crippen LogP contribution in [-0.2, 0) is 10.2 Å².